The average molecular weight is 346 g/mol. The number of thiazole rings is 1. The van der Waals surface area contributed by atoms with Gasteiger partial charge in [0.2, 0.25) is 5.91 Å². The summed E-state index contributed by atoms with van der Waals surface area (Å²) >= 11 is 1.49. The molecule has 0 saturated heterocycles. The van der Waals surface area contributed by atoms with Crippen molar-refractivity contribution in [3.63, 3.8) is 0 Å². The molecule has 2 N–H and O–H groups in total. The molecule has 1 amide bonds. The summed E-state index contributed by atoms with van der Waals surface area (Å²) in [6.07, 6.45) is 0.0357. The van der Waals surface area contributed by atoms with Crippen LogP contribution in [0.4, 0.5) is 0 Å². The van der Waals surface area contributed by atoms with Gasteiger partial charge in [-0.05, 0) is 12.8 Å². The summed E-state index contributed by atoms with van der Waals surface area (Å²) in [5.41, 5.74) is 0.936. The van der Waals surface area contributed by atoms with Gasteiger partial charge in [0, 0.05) is 16.5 Å². The number of carbonyl (C=O) groups excluding carboxylic acids is 1. The minimum Gasteiger partial charge on any atom is -0.481 e. The summed E-state index contributed by atoms with van der Waals surface area (Å²) < 4.78 is 0. The molecule has 1 aromatic carbocycles. The van der Waals surface area contributed by atoms with Crippen molar-refractivity contribution in [1.82, 2.24) is 10.3 Å². The third-order valence-electron chi connectivity index (χ3n) is 4.13. The van der Waals surface area contributed by atoms with Crippen molar-refractivity contribution in [3.8, 4) is 10.6 Å². The molecule has 0 aliphatic carbocycles. The molecule has 0 fully saturated rings. The van der Waals surface area contributed by atoms with E-state index in [2.05, 4.69) is 10.3 Å². The number of aliphatic carboxylic acids is 1. The van der Waals surface area contributed by atoms with Crippen molar-refractivity contribution >= 4 is 23.2 Å². The van der Waals surface area contributed by atoms with Gasteiger partial charge in [0.05, 0.1) is 18.5 Å². The topological polar surface area (TPSA) is 79.3 Å². The van der Waals surface area contributed by atoms with E-state index in [4.69, 9.17) is 5.11 Å². The third-order valence-corrected chi connectivity index (χ3v) is 5.07. The van der Waals surface area contributed by atoms with Gasteiger partial charge in [-0.25, -0.2) is 4.98 Å². The quantitative estimate of drug-likeness (QED) is 0.806. The Bertz CT molecular complexity index is 712. The number of nitrogens with one attached hydrogen (secondary N) is 1. The van der Waals surface area contributed by atoms with Gasteiger partial charge < -0.3 is 10.4 Å². The first kappa shape index (κ1) is 18.1. The Morgan fingerprint density at radius 1 is 1.29 bits per heavy atom. The molecule has 0 aliphatic heterocycles. The predicted molar refractivity (Wildman–Crippen MR) is 94.9 cm³/mol. The molecule has 128 valence electrons. The minimum absolute atomic E-state index is 0.00728. The van der Waals surface area contributed by atoms with Crippen molar-refractivity contribution in [2.24, 2.45) is 5.92 Å². The number of nitrogens with zero attached hydrogens (tertiary/aromatic N) is 1. The lowest BCUT2D eigenvalue weighted by molar-refractivity contribution is -0.139. The zero-order valence-electron chi connectivity index (χ0n) is 14.1. The number of rotatable bonds is 7. The van der Waals surface area contributed by atoms with Crippen LogP contribution in [0.3, 0.4) is 0 Å². The van der Waals surface area contributed by atoms with E-state index in [1.165, 1.54) is 11.3 Å². The predicted octanol–water partition coefficient (Wildman–Crippen LogP) is 3.36. The fraction of sp³-hybridized carbons (Fsp3) is 0.389. The van der Waals surface area contributed by atoms with Gasteiger partial charge in [-0.3, -0.25) is 9.59 Å². The Morgan fingerprint density at radius 2 is 1.96 bits per heavy atom. The van der Waals surface area contributed by atoms with Crippen LogP contribution in [-0.2, 0) is 16.0 Å². The number of carboxylic acid groups (broad SMARTS) is 1. The largest absolute Gasteiger partial charge is 0.481 e. The maximum Gasteiger partial charge on any atom is 0.305 e. The van der Waals surface area contributed by atoms with Gasteiger partial charge in [0.15, 0.2) is 0 Å². The van der Waals surface area contributed by atoms with Crippen LogP contribution >= 0.6 is 11.3 Å². The van der Waals surface area contributed by atoms with Crippen LogP contribution in [0.15, 0.2) is 35.7 Å². The smallest absolute Gasteiger partial charge is 0.305 e. The van der Waals surface area contributed by atoms with Gasteiger partial charge in [0.1, 0.15) is 5.01 Å². The summed E-state index contributed by atoms with van der Waals surface area (Å²) in [4.78, 5) is 27.9. The second-order valence-electron chi connectivity index (χ2n) is 6.38. The van der Waals surface area contributed by atoms with E-state index in [0.717, 1.165) is 10.6 Å². The second kappa shape index (κ2) is 7.57. The lowest BCUT2D eigenvalue weighted by Gasteiger charge is -2.33. The van der Waals surface area contributed by atoms with E-state index < -0.39 is 11.5 Å². The minimum atomic E-state index is -0.925. The van der Waals surface area contributed by atoms with Gasteiger partial charge in [-0.1, -0.05) is 44.2 Å². The molecule has 2 aromatic rings. The lowest BCUT2D eigenvalue weighted by atomic mass is 9.85. The van der Waals surface area contributed by atoms with Crippen molar-refractivity contribution in [3.05, 3.63) is 41.4 Å². The van der Waals surface area contributed by atoms with E-state index in [-0.39, 0.29) is 24.7 Å². The lowest BCUT2D eigenvalue weighted by Crippen LogP contribution is -2.51. The van der Waals surface area contributed by atoms with Gasteiger partial charge >= 0.3 is 5.97 Å². The van der Waals surface area contributed by atoms with Gasteiger partial charge in [-0.2, -0.15) is 0 Å². The highest BCUT2D eigenvalue weighted by molar-refractivity contribution is 7.13. The van der Waals surface area contributed by atoms with Crippen molar-refractivity contribution < 1.29 is 14.7 Å². The third kappa shape index (κ3) is 4.64. The highest BCUT2D eigenvalue weighted by Crippen LogP contribution is 2.24. The zero-order chi connectivity index (χ0) is 17.7. The summed E-state index contributed by atoms with van der Waals surface area (Å²) in [6, 6.07) is 9.80. The zero-order valence-corrected chi connectivity index (χ0v) is 14.9. The molecule has 5 nitrogen and oxygen atoms in total. The van der Waals surface area contributed by atoms with Crippen LogP contribution in [-0.4, -0.2) is 27.5 Å². The maximum absolute atomic E-state index is 12.3. The molecule has 1 atom stereocenters. The first-order valence-electron chi connectivity index (χ1n) is 7.83. The van der Waals surface area contributed by atoms with Crippen LogP contribution in [0, 0.1) is 5.92 Å². The Hall–Kier alpha value is -2.21. The first-order valence-corrected chi connectivity index (χ1v) is 8.71. The molecular weight excluding hydrogens is 324 g/mol. The fourth-order valence-electron chi connectivity index (χ4n) is 2.34. The summed E-state index contributed by atoms with van der Waals surface area (Å²) in [5.74, 6) is -1.13. The van der Waals surface area contributed by atoms with Crippen LogP contribution in [0.25, 0.3) is 10.6 Å². The number of hydrogen-bond acceptors (Lipinski definition) is 4. The molecule has 1 unspecified atom stereocenters. The number of amides is 1. The number of carboxylic acids is 1. The van der Waals surface area contributed by atoms with Gasteiger partial charge in [-0.15, -0.1) is 11.3 Å². The molecule has 0 saturated carbocycles. The normalized spacial score (nSPS) is 13.5. The molecule has 1 heterocycles. The summed E-state index contributed by atoms with van der Waals surface area (Å²) in [6.45, 7) is 5.57. The van der Waals surface area contributed by atoms with Crippen molar-refractivity contribution in [1.29, 1.82) is 0 Å². The molecule has 0 radical (unpaired) electrons. The number of aromatic nitrogens is 1. The van der Waals surface area contributed by atoms with Crippen LogP contribution in [0.2, 0.25) is 0 Å². The standard InChI is InChI=1S/C18H22N2O3S/c1-12(2)18(3,10-16(22)23)20-15(21)9-14-11-24-17(19-14)13-7-5-4-6-8-13/h4-8,11-12H,9-10H2,1-3H3,(H,20,21)(H,22,23). The number of benzene rings is 1. The first-order chi connectivity index (χ1) is 11.3. The molecule has 0 aliphatic rings. The maximum atomic E-state index is 12.3. The molecule has 0 spiro atoms. The van der Waals surface area contributed by atoms with E-state index in [0.29, 0.717) is 5.69 Å². The highest BCUT2D eigenvalue weighted by atomic mass is 32.1. The SMILES string of the molecule is CC(C)C(C)(CC(=O)O)NC(=O)Cc1csc(-c2ccccc2)n1. The number of hydrogen-bond donors (Lipinski definition) is 2. The van der Waals surface area contributed by atoms with E-state index >= 15 is 0 Å². The fourth-order valence-corrected chi connectivity index (χ4v) is 3.16. The Kier molecular flexibility index (Phi) is 5.72. The van der Waals surface area contributed by atoms with Crippen molar-refractivity contribution in [2.45, 2.75) is 39.2 Å². The van der Waals surface area contributed by atoms with Crippen LogP contribution < -0.4 is 5.32 Å². The second-order valence-corrected chi connectivity index (χ2v) is 7.24. The van der Waals surface area contributed by atoms with E-state index in [9.17, 15) is 9.59 Å². The Morgan fingerprint density at radius 3 is 2.54 bits per heavy atom. The van der Waals surface area contributed by atoms with E-state index in [1.54, 1.807) is 6.92 Å². The Balaban J connectivity index is 2.04. The Labute approximate surface area is 145 Å². The highest BCUT2D eigenvalue weighted by Gasteiger charge is 2.32. The molecule has 24 heavy (non-hydrogen) atoms. The average Bonchev–Trinajstić information content (AvgIpc) is 2.95. The number of carbonyl (C=O) groups is 2. The van der Waals surface area contributed by atoms with Crippen LogP contribution in [0.1, 0.15) is 32.9 Å². The molecule has 1 aromatic heterocycles. The monoisotopic (exact) mass is 346 g/mol. The van der Waals surface area contributed by atoms with Crippen molar-refractivity contribution in [2.75, 3.05) is 0 Å². The van der Waals surface area contributed by atoms with E-state index in [1.807, 2.05) is 49.6 Å². The molecular formula is C18H22N2O3S. The summed E-state index contributed by atoms with van der Waals surface area (Å²) in [5, 5.41) is 14.7. The van der Waals surface area contributed by atoms with Gasteiger partial charge in [0.25, 0.3) is 0 Å². The molecule has 0 bridgehead atoms. The van der Waals surface area contributed by atoms with Crippen LogP contribution in [0.5, 0.6) is 0 Å². The molecule has 2 rings (SSSR count). The molecule has 6 heteroatoms. The summed E-state index contributed by atoms with van der Waals surface area (Å²) in [7, 11) is 0.